The first-order valence-corrected chi connectivity index (χ1v) is 10.1. The number of carbonyl (C=O) groups excluding carboxylic acids is 1. The summed E-state index contributed by atoms with van der Waals surface area (Å²) in [5, 5.41) is 6.23. The summed E-state index contributed by atoms with van der Waals surface area (Å²) < 4.78 is 16.2. The van der Waals surface area contributed by atoms with Gasteiger partial charge in [0.2, 0.25) is 12.7 Å². The molecule has 0 radical (unpaired) electrons. The predicted octanol–water partition coefficient (Wildman–Crippen LogP) is 3.73. The lowest BCUT2D eigenvalue weighted by Crippen LogP contribution is -2.03. The van der Waals surface area contributed by atoms with Crippen LogP contribution in [-0.4, -0.2) is 34.8 Å². The van der Waals surface area contributed by atoms with Crippen LogP contribution in [0.3, 0.4) is 0 Å². The monoisotopic (exact) mass is 429 g/mol. The van der Waals surface area contributed by atoms with Crippen molar-refractivity contribution >= 4 is 40.2 Å². The molecule has 9 heteroatoms. The Morgan fingerprint density at radius 3 is 3.00 bits per heavy atom. The van der Waals surface area contributed by atoms with Gasteiger partial charge in [-0.2, -0.15) is 0 Å². The second-order valence-electron chi connectivity index (χ2n) is 7.48. The number of aromatic amines is 2. The molecule has 160 valence electrons. The number of aromatic nitrogens is 3. The highest BCUT2D eigenvalue weighted by atomic mass is 16.7. The molecule has 1 amide bonds. The highest BCUT2D eigenvalue weighted by Gasteiger charge is 2.28. The van der Waals surface area contributed by atoms with Crippen molar-refractivity contribution in [1.29, 1.82) is 0 Å². The number of hydrogen-bond acceptors (Lipinski definition) is 6. The summed E-state index contributed by atoms with van der Waals surface area (Å²) in [6, 6.07) is 11.4. The number of nitrogens with one attached hydrogen (secondary N) is 4. The summed E-state index contributed by atoms with van der Waals surface area (Å²) in [5.74, 6) is 2.59. The number of hydrogen-bond donors (Lipinski definition) is 4. The van der Waals surface area contributed by atoms with Gasteiger partial charge in [0.05, 0.1) is 29.6 Å². The lowest BCUT2D eigenvalue weighted by molar-refractivity contribution is -0.110. The van der Waals surface area contributed by atoms with Crippen molar-refractivity contribution < 1.29 is 19.0 Å². The Balaban J connectivity index is 1.33. The Labute approximate surface area is 182 Å². The predicted molar refractivity (Wildman–Crippen MR) is 120 cm³/mol. The molecule has 0 saturated heterocycles. The fourth-order valence-electron chi connectivity index (χ4n) is 4.02. The molecule has 9 nitrogen and oxygen atoms in total. The molecular formula is C23H19N5O4. The van der Waals surface area contributed by atoms with Gasteiger partial charge in [0.15, 0.2) is 11.5 Å². The van der Waals surface area contributed by atoms with Gasteiger partial charge in [-0.1, -0.05) is 6.07 Å². The Hall–Kier alpha value is -4.40. The SMILES string of the molecule is COc1cc[nH]c1/C=C1\C(=O)Nc2ccc3[nH]c(NCc4ccc5c(c4)OCO5)nc3c21. The number of carbonyl (C=O) groups is 1. The number of imidazole rings is 1. The summed E-state index contributed by atoms with van der Waals surface area (Å²) in [7, 11) is 1.60. The molecule has 4 N–H and O–H groups in total. The van der Waals surface area contributed by atoms with Gasteiger partial charge in [0.1, 0.15) is 11.3 Å². The van der Waals surface area contributed by atoms with Crippen LogP contribution in [0.1, 0.15) is 16.8 Å². The fourth-order valence-corrected chi connectivity index (χ4v) is 4.02. The van der Waals surface area contributed by atoms with Gasteiger partial charge in [-0.15, -0.1) is 0 Å². The van der Waals surface area contributed by atoms with E-state index in [-0.39, 0.29) is 12.7 Å². The lowest BCUT2D eigenvalue weighted by Gasteiger charge is -2.04. The molecule has 0 spiro atoms. The van der Waals surface area contributed by atoms with Gasteiger partial charge in [-0.05, 0) is 42.0 Å². The fraction of sp³-hybridized carbons (Fsp3) is 0.130. The zero-order chi connectivity index (χ0) is 21.7. The van der Waals surface area contributed by atoms with E-state index in [9.17, 15) is 4.79 Å². The number of amides is 1. The zero-order valence-electron chi connectivity index (χ0n) is 17.1. The van der Waals surface area contributed by atoms with E-state index in [2.05, 4.69) is 20.6 Å². The Morgan fingerprint density at radius 1 is 1.19 bits per heavy atom. The number of benzene rings is 2. The number of ether oxygens (including phenoxy) is 3. The van der Waals surface area contributed by atoms with Crippen molar-refractivity contribution in [3.63, 3.8) is 0 Å². The second kappa shape index (κ2) is 7.09. The molecule has 0 atom stereocenters. The number of rotatable bonds is 5. The maximum Gasteiger partial charge on any atom is 0.256 e. The minimum Gasteiger partial charge on any atom is -0.495 e. The minimum atomic E-state index is -0.179. The van der Waals surface area contributed by atoms with Gasteiger partial charge in [0, 0.05) is 18.3 Å². The number of H-pyrrole nitrogens is 2. The van der Waals surface area contributed by atoms with Crippen LogP contribution in [0.25, 0.3) is 22.7 Å². The smallest absolute Gasteiger partial charge is 0.256 e. The molecule has 32 heavy (non-hydrogen) atoms. The van der Waals surface area contributed by atoms with Crippen molar-refractivity contribution in [2.45, 2.75) is 6.54 Å². The van der Waals surface area contributed by atoms with E-state index >= 15 is 0 Å². The highest BCUT2D eigenvalue weighted by Crippen LogP contribution is 2.39. The normalized spacial score (nSPS) is 15.3. The highest BCUT2D eigenvalue weighted by molar-refractivity contribution is 6.37. The first kappa shape index (κ1) is 18.4. The summed E-state index contributed by atoms with van der Waals surface area (Å²) >= 11 is 0. The molecule has 0 aliphatic carbocycles. The van der Waals surface area contributed by atoms with Crippen molar-refractivity contribution in [2.75, 3.05) is 24.5 Å². The molecule has 2 aromatic heterocycles. The maximum atomic E-state index is 12.7. The van der Waals surface area contributed by atoms with Crippen molar-refractivity contribution in [2.24, 2.45) is 0 Å². The third-order valence-corrected chi connectivity index (χ3v) is 5.56. The molecule has 2 aliphatic rings. The molecule has 4 heterocycles. The first-order valence-electron chi connectivity index (χ1n) is 10.1. The lowest BCUT2D eigenvalue weighted by atomic mass is 10.0. The summed E-state index contributed by atoms with van der Waals surface area (Å²) in [5.41, 5.74) is 5.32. The third-order valence-electron chi connectivity index (χ3n) is 5.56. The van der Waals surface area contributed by atoms with E-state index in [1.807, 2.05) is 36.4 Å². The summed E-state index contributed by atoms with van der Waals surface area (Å²) in [4.78, 5) is 23.8. The average Bonchev–Trinajstić information content (AvgIpc) is 3.58. The molecule has 0 saturated carbocycles. The van der Waals surface area contributed by atoms with Crippen LogP contribution in [0, 0.1) is 0 Å². The topological polar surface area (TPSA) is 113 Å². The van der Waals surface area contributed by atoms with E-state index in [0.29, 0.717) is 29.3 Å². The van der Waals surface area contributed by atoms with Crippen molar-refractivity contribution in [1.82, 2.24) is 15.0 Å². The van der Waals surface area contributed by atoms with Crippen LogP contribution in [0.15, 0.2) is 42.6 Å². The van der Waals surface area contributed by atoms with Gasteiger partial charge >= 0.3 is 0 Å². The Bertz CT molecular complexity index is 1400. The molecule has 0 fully saturated rings. The average molecular weight is 429 g/mol. The van der Waals surface area contributed by atoms with Crippen LogP contribution in [0.5, 0.6) is 17.2 Å². The van der Waals surface area contributed by atoms with E-state index in [4.69, 9.17) is 19.2 Å². The minimum absolute atomic E-state index is 0.179. The number of nitrogens with zero attached hydrogens (tertiary/aromatic N) is 1. The second-order valence-corrected chi connectivity index (χ2v) is 7.48. The summed E-state index contributed by atoms with van der Waals surface area (Å²) in [6.45, 7) is 0.802. The van der Waals surface area contributed by atoms with Crippen LogP contribution in [0.4, 0.5) is 11.6 Å². The van der Waals surface area contributed by atoms with Gasteiger partial charge in [0.25, 0.3) is 5.91 Å². The van der Waals surface area contributed by atoms with E-state index in [1.54, 1.807) is 19.4 Å². The number of methoxy groups -OCH3 is 1. The number of anilines is 2. The maximum absolute atomic E-state index is 12.7. The Morgan fingerprint density at radius 2 is 2.09 bits per heavy atom. The van der Waals surface area contributed by atoms with E-state index in [0.717, 1.165) is 39.5 Å². The van der Waals surface area contributed by atoms with Crippen molar-refractivity contribution in [3.05, 3.63) is 59.4 Å². The molecule has 0 bridgehead atoms. The van der Waals surface area contributed by atoms with E-state index in [1.165, 1.54) is 0 Å². The Kier molecular flexibility index (Phi) is 4.07. The molecule has 2 aliphatic heterocycles. The van der Waals surface area contributed by atoms with Gasteiger partial charge in [-0.25, -0.2) is 4.98 Å². The molecule has 4 aromatic rings. The van der Waals surface area contributed by atoms with Crippen LogP contribution >= 0.6 is 0 Å². The van der Waals surface area contributed by atoms with Crippen LogP contribution in [0.2, 0.25) is 0 Å². The molecule has 2 aromatic carbocycles. The molecular weight excluding hydrogens is 410 g/mol. The van der Waals surface area contributed by atoms with Crippen LogP contribution < -0.4 is 24.8 Å². The standard InChI is InChI=1S/C23H19N5O4/c1-30-17-6-7-24-16(17)9-13-20-14(26-22(13)29)3-4-15-21(20)28-23(27-15)25-10-12-2-5-18-19(8-12)32-11-31-18/h2-9,24H,10-11H2,1H3,(H,26,29)(H2,25,27,28)/b13-9-. The van der Waals surface area contributed by atoms with Crippen LogP contribution in [-0.2, 0) is 11.3 Å². The largest absolute Gasteiger partial charge is 0.495 e. The van der Waals surface area contributed by atoms with E-state index < -0.39 is 0 Å². The van der Waals surface area contributed by atoms with Gasteiger partial charge < -0.3 is 34.8 Å². The summed E-state index contributed by atoms with van der Waals surface area (Å²) in [6.07, 6.45) is 3.56. The zero-order valence-corrected chi connectivity index (χ0v) is 17.1. The quantitative estimate of drug-likeness (QED) is 0.360. The molecule has 0 unspecified atom stereocenters. The molecule has 6 rings (SSSR count). The first-order chi connectivity index (χ1) is 15.7. The van der Waals surface area contributed by atoms with Gasteiger partial charge in [-0.3, -0.25) is 4.79 Å². The van der Waals surface area contributed by atoms with Crippen molar-refractivity contribution in [3.8, 4) is 17.2 Å². The third kappa shape index (κ3) is 2.94. The number of fused-ring (bicyclic) bond motifs is 4.